The molecule has 0 bridgehead atoms. The van der Waals surface area contributed by atoms with E-state index in [1.807, 2.05) is 0 Å². The topological polar surface area (TPSA) is 79.7 Å². The molecule has 0 saturated carbocycles. The maximum atomic E-state index is 13.2. The molecule has 7 heteroatoms. The maximum Gasteiger partial charge on any atom is 0.295 e. The fourth-order valence-corrected chi connectivity index (χ4v) is 4.03. The molecule has 1 amide bonds. The van der Waals surface area contributed by atoms with Crippen LogP contribution in [0.1, 0.15) is 28.4 Å². The molecule has 0 radical (unpaired) electrons. The van der Waals surface area contributed by atoms with Gasteiger partial charge in [0.25, 0.3) is 11.7 Å². The number of aryl methyl sites for hydroxylation is 1. The number of aliphatic hydroxyl groups is 1. The number of aliphatic hydroxyl groups excluding tert-OH is 1. The Morgan fingerprint density at radius 2 is 1.88 bits per heavy atom. The molecule has 1 saturated heterocycles. The Morgan fingerprint density at radius 3 is 2.52 bits per heavy atom. The first-order valence-corrected chi connectivity index (χ1v) is 10.5. The van der Waals surface area contributed by atoms with E-state index >= 15 is 0 Å². The molecule has 2 heterocycles. The van der Waals surface area contributed by atoms with Gasteiger partial charge in [0.05, 0.1) is 18.4 Å². The van der Waals surface area contributed by atoms with Gasteiger partial charge in [0.15, 0.2) is 0 Å². The number of benzene rings is 2. The average molecular weight is 446 g/mol. The number of carbonyl (C=O) groups is 2. The van der Waals surface area contributed by atoms with Gasteiger partial charge in [-0.25, -0.2) is 4.39 Å². The zero-order chi connectivity index (χ0) is 23.5. The average Bonchev–Trinajstić information content (AvgIpc) is 3.08. The summed E-state index contributed by atoms with van der Waals surface area (Å²) < 4.78 is 18.5. The van der Waals surface area contributed by atoms with E-state index in [2.05, 4.69) is 4.98 Å². The summed E-state index contributed by atoms with van der Waals surface area (Å²) in [5.41, 5.74) is 2.43. The van der Waals surface area contributed by atoms with Gasteiger partial charge in [-0.15, -0.1) is 0 Å². The Labute approximate surface area is 191 Å². The van der Waals surface area contributed by atoms with Crippen LogP contribution < -0.4 is 4.74 Å². The minimum atomic E-state index is -0.840. The van der Waals surface area contributed by atoms with Gasteiger partial charge in [-0.05, 0) is 66.9 Å². The van der Waals surface area contributed by atoms with E-state index in [1.54, 1.807) is 68.8 Å². The summed E-state index contributed by atoms with van der Waals surface area (Å²) in [4.78, 5) is 31.9. The Balaban J connectivity index is 1.77. The molecule has 168 valence electrons. The first-order chi connectivity index (χ1) is 15.9. The molecule has 3 aromatic rings. The Bertz CT molecular complexity index is 1220. The number of halogens is 1. The van der Waals surface area contributed by atoms with Crippen molar-refractivity contribution in [3.05, 3.63) is 101 Å². The third kappa shape index (κ3) is 4.35. The van der Waals surface area contributed by atoms with Crippen molar-refractivity contribution in [3.8, 4) is 5.75 Å². The molecule has 1 atom stereocenters. The number of aromatic nitrogens is 1. The van der Waals surface area contributed by atoms with Crippen molar-refractivity contribution in [2.24, 2.45) is 0 Å². The number of likely N-dealkylation sites (tertiary alicyclic amines) is 1. The molecule has 1 fully saturated rings. The number of rotatable bonds is 6. The normalized spacial score (nSPS) is 17.4. The lowest BCUT2D eigenvalue weighted by Crippen LogP contribution is -2.32. The Kier molecular flexibility index (Phi) is 6.22. The molecule has 1 N–H and O–H groups in total. The van der Waals surface area contributed by atoms with Crippen molar-refractivity contribution in [2.45, 2.75) is 19.4 Å². The molecule has 2 aromatic carbocycles. The zero-order valence-corrected chi connectivity index (χ0v) is 18.3. The highest BCUT2D eigenvalue weighted by molar-refractivity contribution is 6.46. The molecule has 33 heavy (non-hydrogen) atoms. The number of hydrogen-bond donors (Lipinski definition) is 1. The lowest BCUT2D eigenvalue weighted by Gasteiger charge is -2.24. The second kappa shape index (κ2) is 9.24. The quantitative estimate of drug-likeness (QED) is 0.349. The van der Waals surface area contributed by atoms with E-state index in [1.165, 1.54) is 17.0 Å². The van der Waals surface area contributed by atoms with E-state index in [9.17, 15) is 19.1 Å². The van der Waals surface area contributed by atoms with Crippen molar-refractivity contribution in [1.29, 1.82) is 0 Å². The predicted octanol–water partition coefficient (Wildman–Crippen LogP) is 4.20. The molecular formula is C26H23FN2O4. The SMILES string of the molecule is COc1ccc(/C(O)=C2/C(=O)C(=O)N(CCc3ccc(F)cc3)C2c2ccccn2)c(C)c1. The van der Waals surface area contributed by atoms with Gasteiger partial charge in [0.1, 0.15) is 23.4 Å². The minimum Gasteiger partial charge on any atom is -0.507 e. The van der Waals surface area contributed by atoms with Crippen LogP contribution in [-0.2, 0) is 16.0 Å². The Morgan fingerprint density at radius 1 is 1.12 bits per heavy atom. The number of ether oxygens (including phenoxy) is 1. The summed E-state index contributed by atoms with van der Waals surface area (Å²) in [6.45, 7) is 1.99. The van der Waals surface area contributed by atoms with Gasteiger partial charge in [-0.1, -0.05) is 18.2 Å². The molecule has 1 aliphatic heterocycles. The Hall–Kier alpha value is -4.00. The number of amides is 1. The highest BCUT2D eigenvalue weighted by Gasteiger charge is 2.46. The number of hydrogen-bond acceptors (Lipinski definition) is 5. The van der Waals surface area contributed by atoms with Crippen LogP contribution in [0.15, 0.2) is 72.4 Å². The van der Waals surface area contributed by atoms with E-state index in [4.69, 9.17) is 4.74 Å². The van der Waals surface area contributed by atoms with Gasteiger partial charge in [0.2, 0.25) is 0 Å². The summed E-state index contributed by atoms with van der Waals surface area (Å²) in [7, 11) is 1.54. The number of ketones is 1. The third-order valence-electron chi connectivity index (χ3n) is 5.75. The van der Waals surface area contributed by atoms with Crippen LogP contribution in [0.25, 0.3) is 5.76 Å². The van der Waals surface area contributed by atoms with E-state index in [0.717, 1.165) is 5.56 Å². The van der Waals surface area contributed by atoms with Crippen molar-refractivity contribution in [3.63, 3.8) is 0 Å². The highest BCUT2D eigenvalue weighted by atomic mass is 19.1. The number of methoxy groups -OCH3 is 1. The molecule has 4 rings (SSSR count). The molecule has 1 aromatic heterocycles. The first-order valence-electron chi connectivity index (χ1n) is 10.5. The maximum absolute atomic E-state index is 13.2. The smallest absolute Gasteiger partial charge is 0.295 e. The summed E-state index contributed by atoms with van der Waals surface area (Å²) >= 11 is 0. The largest absolute Gasteiger partial charge is 0.507 e. The van der Waals surface area contributed by atoms with Crippen molar-refractivity contribution in [2.75, 3.05) is 13.7 Å². The van der Waals surface area contributed by atoms with Crippen LogP contribution in [0.2, 0.25) is 0 Å². The predicted molar refractivity (Wildman–Crippen MR) is 121 cm³/mol. The minimum absolute atomic E-state index is 0.00827. The first kappa shape index (κ1) is 22.2. The number of Topliss-reactive ketones (excluding diaryl/α,β-unsaturated/α-hetero) is 1. The van der Waals surface area contributed by atoms with Crippen molar-refractivity contribution >= 4 is 17.4 Å². The van der Waals surface area contributed by atoms with E-state index in [0.29, 0.717) is 29.0 Å². The lowest BCUT2D eigenvalue weighted by atomic mass is 9.96. The molecule has 0 spiro atoms. The second-order valence-electron chi connectivity index (χ2n) is 7.80. The molecular weight excluding hydrogens is 423 g/mol. The fourth-order valence-electron chi connectivity index (χ4n) is 4.03. The van der Waals surface area contributed by atoms with Crippen LogP contribution >= 0.6 is 0 Å². The zero-order valence-electron chi connectivity index (χ0n) is 18.3. The monoisotopic (exact) mass is 446 g/mol. The number of carbonyl (C=O) groups excluding carboxylic acids is 2. The highest BCUT2D eigenvalue weighted by Crippen LogP contribution is 2.39. The van der Waals surface area contributed by atoms with Gasteiger partial charge in [-0.2, -0.15) is 0 Å². The van der Waals surface area contributed by atoms with Crippen LogP contribution in [0, 0.1) is 12.7 Å². The standard InChI is InChI=1S/C26H23FN2O4/c1-16-15-19(33-2)10-11-20(16)24(30)22-23(21-5-3-4-13-28-21)29(26(32)25(22)31)14-12-17-6-8-18(27)9-7-17/h3-11,13,15,23,30H,12,14H2,1-2H3/b24-22-. The summed E-state index contributed by atoms with van der Waals surface area (Å²) in [6.07, 6.45) is 1.99. The van der Waals surface area contributed by atoms with Crippen LogP contribution in [0.5, 0.6) is 5.75 Å². The number of nitrogens with zero attached hydrogens (tertiary/aromatic N) is 2. The molecule has 1 aliphatic rings. The molecule has 0 aliphatic carbocycles. The van der Waals surface area contributed by atoms with Crippen LogP contribution in [-0.4, -0.2) is 40.3 Å². The summed E-state index contributed by atoms with van der Waals surface area (Å²) in [5, 5.41) is 11.2. The van der Waals surface area contributed by atoms with E-state index < -0.39 is 17.7 Å². The van der Waals surface area contributed by atoms with Crippen molar-refractivity contribution < 1.29 is 23.8 Å². The number of pyridine rings is 1. The van der Waals surface area contributed by atoms with Gasteiger partial charge in [0, 0.05) is 18.3 Å². The second-order valence-corrected chi connectivity index (χ2v) is 7.80. The van der Waals surface area contributed by atoms with Crippen LogP contribution in [0.3, 0.4) is 0 Å². The lowest BCUT2D eigenvalue weighted by molar-refractivity contribution is -0.139. The summed E-state index contributed by atoms with van der Waals surface area (Å²) in [6, 6.07) is 15.5. The molecule has 1 unspecified atom stereocenters. The van der Waals surface area contributed by atoms with Crippen molar-refractivity contribution in [1.82, 2.24) is 9.88 Å². The van der Waals surface area contributed by atoms with Gasteiger partial charge < -0.3 is 14.7 Å². The van der Waals surface area contributed by atoms with E-state index in [-0.39, 0.29) is 23.7 Å². The van der Waals surface area contributed by atoms with Gasteiger partial charge >= 0.3 is 0 Å². The molecule has 6 nitrogen and oxygen atoms in total. The van der Waals surface area contributed by atoms with Crippen LogP contribution in [0.4, 0.5) is 4.39 Å². The van der Waals surface area contributed by atoms with Gasteiger partial charge in [-0.3, -0.25) is 14.6 Å². The third-order valence-corrected chi connectivity index (χ3v) is 5.75. The summed E-state index contributed by atoms with van der Waals surface area (Å²) in [5.74, 6) is -1.46. The fraction of sp³-hybridized carbons (Fsp3) is 0.192.